The summed E-state index contributed by atoms with van der Waals surface area (Å²) in [5.74, 6) is 0. The molecule has 0 saturated carbocycles. The van der Waals surface area contributed by atoms with E-state index in [1.165, 1.54) is 0 Å². The van der Waals surface area contributed by atoms with Crippen molar-refractivity contribution in [3.05, 3.63) is 52.5 Å². The number of hydrogen-bond acceptors (Lipinski definition) is 4. The van der Waals surface area contributed by atoms with E-state index in [0.717, 1.165) is 34.4 Å². The van der Waals surface area contributed by atoms with Crippen molar-refractivity contribution < 1.29 is 0 Å². The van der Waals surface area contributed by atoms with E-state index in [0.29, 0.717) is 0 Å². The maximum atomic E-state index is 5.97. The fraction of sp³-hybridized carbons (Fsp3) is 0.286. The summed E-state index contributed by atoms with van der Waals surface area (Å²) in [6.45, 7) is 2.96. The van der Waals surface area contributed by atoms with Gasteiger partial charge in [0, 0.05) is 28.8 Å². The van der Waals surface area contributed by atoms with Crippen LogP contribution >= 0.6 is 15.9 Å². The molecule has 4 nitrogen and oxygen atoms in total. The van der Waals surface area contributed by atoms with Crippen molar-refractivity contribution in [2.45, 2.75) is 19.4 Å². The van der Waals surface area contributed by atoms with E-state index in [2.05, 4.69) is 38.1 Å². The monoisotopic (exact) mass is 320 g/mol. The van der Waals surface area contributed by atoms with Gasteiger partial charge in [-0.25, -0.2) is 0 Å². The van der Waals surface area contributed by atoms with E-state index < -0.39 is 0 Å². The molecule has 0 bridgehead atoms. The molecule has 2 rings (SSSR count). The van der Waals surface area contributed by atoms with Crippen LogP contribution in [0.15, 0.2) is 41.3 Å². The van der Waals surface area contributed by atoms with Crippen molar-refractivity contribution in [3.8, 4) is 0 Å². The van der Waals surface area contributed by atoms with Crippen LogP contribution in [0.25, 0.3) is 0 Å². The lowest BCUT2D eigenvalue weighted by Gasteiger charge is -2.18. The Balaban J connectivity index is 2.21. The van der Waals surface area contributed by atoms with E-state index in [9.17, 15) is 0 Å². The molecule has 0 aliphatic carbocycles. The van der Waals surface area contributed by atoms with E-state index in [-0.39, 0.29) is 6.04 Å². The third-order valence-corrected chi connectivity index (χ3v) is 3.39. The lowest BCUT2D eigenvalue weighted by molar-refractivity contribution is 0.536. The summed E-state index contributed by atoms with van der Waals surface area (Å²) in [4.78, 5) is 8.58. The van der Waals surface area contributed by atoms with Crippen LogP contribution in [0, 0.1) is 0 Å². The van der Waals surface area contributed by atoms with Crippen LogP contribution < -0.4 is 11.1 Å². The minimum atomic E-state index is 0.143. The lowest BCUT2D eigenvalue weighted by atomic mass is 10.0. The normalized spacial score (nSPS) is 12.3. The summed E-state index contributed by atoms with van der Waals surface area (Å²) in [5.41, 5.74) is 8.79. The maximum absolute atomic E-state index is 5.97. The summed E-state index contributed by atoms with van der Waals surface area (Å²) in [6, 6.07) is 5.99. The molecule has 0 fully saturated rings. The zero-order valence-electron chi connectivity index (χ0n) is 10.8. The van der Waals surface area contributed by atoms with Crippen molar-refractivity contribution in [2.24, 2.45) is 0 Å². The third kappa shape index (κ3) is 3.75. The zero-order valence-corrected chi connectivity index (χ0v) is 12.4. The molecule has 0 radical (unpaired) electrons. The number of likely N-dealkylation sites (N-methyl/N-ethyl adjacent to an activating group) is 1. The van der Waals surface area contributed by atoms with E-state index in [1.54, 1.807) is 6.20 Å². The molecule has 0 aliphatic heterocycles. The number of nitrogen functional groups attached to an aromatic ring is 1. The van der Waals surface area contributed by atoms with Gasteiger partial charge in [-0.15, -0.1) is 0 Å². The summed E-state index contributed by atoms with van der Waals surface area (Å²) >= 11 is 3.40. The summed E-state index contributed by atoms with van der Waals surface area (Å²) in [5, 5.41) is 3.43. The quantitative estimate of drug-likeness (QED) is 0.889. The average molecular weight is 321 g/mol. The lowest BCUT2D eigenvalue weighted by Crippen LogP contribution is -2.24. The molecule has 0 aliphatic rings. The van der Waals surface area contributed by atoms with Crippen molar-refractivity contribution in [3.63, 3.8) is 0 Å². The number of anilines is 1. The van der Waals surface area contributed by atoms with Gasteiger partial charge in [0.05, 0.1) is 11.7 Å². The van der Waals surface area contributed by atoms with Crippen molar-refractivity contribution in [2.75, 3.05) is 12.3 Å². The van der Waals surface area contributed by atoms with E-state index >= 15 is 0 Å². The van der Waals surface area contributed by atoms with Gasteiger partial charge in [-0.05, 0) is 52.7 Å². The van der Waals surface area contributed by atoms with Crippen molar-refractivity contribution in [1.82, 2.24) is 15.3 Å². The second-order valence-electron chi connectivity index (χ2n) is 4.29. The second kappa shape index (κ2) is 6.63. The average Bonchev–Trinajstić information content (AvgIpc) is 2.42. The summed E-state index contributed by atoms with van der Waals surface area (Å²) in [7, 11) is 0. The molecule has 2 aromatic heterocycles. The summed E-state index contributed by atoms with van der Waals surface area (Å²) < 4.78 is 0.979. The Kier molecular flexibility index (Phi) is 4.87. The predicted molar refractivity (Wildman–Crippen MR) is 80.7 cm³/mol. The molecule has 100 valence electrons. The Bertz CT molecular complexity index is 527. The number of aromatic nitrogens is 2. The van der Waals surface area contributed by atoms with E-state index in [1.807, 2.05) is 30.6 Å². The van der Waals surface area contributed by atoms with Crippen LogP contribution in [-0.2, 0) is 6.42 Å². The minimum Gasteiger partial charge on any atom is -0.398 e. The first-order chi connectivity index (χ1) is 9.20. The topological polar surface area (TPSA) is 63.8 Å². The largest absolute Gasteiger partial charge is 0.398 e. The molecule has 5 heteroatoms. The van der Waals surface area contributed by atoms with Crippen LogP contribution in [0.5, 0.6) is 0 Å². The van der Waals surface area contributed by atoms with Gasteiger partial charge in [-0.2, -0.15) is 0 Å². The first-order valence-corrected chi connectivity index (χ1v) is 7.03. The Hall–Kier alpha value is -1.46. The Morgan fingerprint density at radius 2 is 2.16 bits per heavy atom. The molecule has 19 heavy (non-hydrogen) atoms. The molecule has 2 aromatic rings. The van der Waals surface area contributed by atoms with Gasteiger partial charge in [-0.3, -0.25) is 9.97 Å². The Labute approximate surface area is 121 Å². The van der Waals surface area contributed by atoms with Crippen molar-refractivity contribution >= 4 is 21.6 Å². The second-order valence-corrected chi connectivity index (χ2v) is 5.21. The third-order valence-electron chi connectivity index (χ3n) is 2.92. The first kappa shape index (κ1) is 14.0. The highest BCUT2D eigenvalue weighted by Crippen LogP contribution is 2.21. The Morgan fingerprint density at radius 3 is 2.79 bits per heavy atom. The highest BCUT2D eigenvalue weighted by atomic mass is 79.9. The number of nitrogens with one attached hydrogen (secondary N) is 1. The number of nitrogens with zero attached hydrogens (tertiary/aromatic N) is 2. The molecule has 0 spiro atoms. The smallest absolute Gasteiger partial charge is 0.0577 e. The first-order valence-electron chi connectivity index (χ1n) is 6.24. The van der Waals surface area contributed by atoms with Crippen molar-refractivity contribution in [1.29, 1.82) is 0 Å². The minimum absolute atomic E-state index is 0.143. The predicted octanol–water partition coefficient (Wildman–Crippen LogP) is 2.71. The molecular weight excluding hydrogens is 304 g/mol. The molecule has 0 saturated heterocycles. The highest BCUT2D eigenvalue weighted by molar-refractivity contribution is 9.10. The number of rotatable bonds is 5. The molecular formula is C14H17BrN4. The Morgan fingerprint density at radius 1 is 1.32 bits per heavy atom. The maximum Gasteiger partial charge on any atom is 0.0577 e. The number of nitrogens with two attached hydrogens (primary N) is 1. The van der Waals surface area contributed by atoms with Crippen LogP contribution in [0.1, 0.15) is 24.2 Å². The molecule has 3 N–H and O–H groups in total. The van der Waals surface area contributed by atoms with Gasteiger partial charge in [-0.1, -0.05) is 6.92 Å². The molecule has 1 unspecified atom stereocenters. The fourth-order valence-electron chi connectivity index (χ4n) is 1.95. The van der Waals surface area contributed by atoms with Gasteiger partial charge in [0.25, 0.3) is 0 Å². The van der Waals surface area contributed by atoms with Gasteiger partial charge < -0.3 is 11.1 Å². The number of hydrogen-bond donors (Lipinski definition) is 2. The standard InChI is InChI=1S/C14H17BrN4/c1-2-18-14(13-4-3-11(15)9-19-13)7-10-8-17-6-5-12(10)16/h3-6,8-9,14,18H,2,7H2,1H3,(H2,16,17). The van der Waals surface area contributed by atoms with Gasteiger partial charge in [0.1, 0.15) is 0 Å². The SMILES string of the molecule is CCNC(Cc1cnccc1N)c1ccc(Br)cn1. The molecule has 1 atom stereocenters. The summed E-state index contributed by atoms with van der Waals surface area (Å²) in [6.07, 6.45) is 6.12. The zero-order chi connectivity index (χ0) is 13.7. The molecule has 0 aromatic carbocycles. The van der Waals surface area contributed by atoms with Gasteiger partial charge in [0.15, 0.2) is 0 Å². The van der Waals surface area contributed by atoms with Crippen LogP contribution in [0.4, 0.5) is 5.69 Å². The number of pyridine rings is 2. The van der Waals surface area contributed by atoms with E-state index in [4.69, 9.17) is 5.73 Å². The highest BCUT2D eigenvalue weighted by Gasteiger charge is 2.14. The van der Waals surface area contributed by atoms with Crippen LogP contribution in [-0.4, -0.2) is 16.5 Å². The van der Waals surface area contributed by atoms with Crippen LogP contribution in [0.3, 0.4) is 0 Å². The molecule has 2 heterocycles. The fourth-order valence-corrected chi connectivity index (χ4v) is 2.18. The van der Waals surface area contributed by atoms with Gasteiger partial charge >= 0.3 is 0 Å². The number of halogens is 1. The molecule has 0 amide bonds. The van der Waals surface area contributed by atoms with Gasteiger partial charge in [0.2, 0.25) is 0 Å². The van der Waals surface area contributed by atoms with Crippen LogP contribution in [0.2, 0.25) is 0 Å².